The Morgan fingerprint density at radius 2 is 2.29 bits per heavy atom. The smallest absolute Gasteiger partial charge is 0.265 e. The molecule has 0 saturated carbocycles. The summed E-state index contributed by atoms with van der Waals surface area (Å²) in [7, 11) is 1.66. The minimum Gasteiger partial charge on any atom is -0.265 e. The highest BCUT2D eigenvalue weighted by Crippen LogP contribution is 2.12. The fraction of sp³-hybridized carbons (Fsp3) is 0.571. The molecule has 78 valence electrons. The van der Waals surface area contributed by atoms with Crippen LogP contribution in [0.5, 0.6) is 0 Å². The van der Waals surface area contributed by atoms with E-state index in [1.54, 1.807) is 7.05 Å². The van der Waals surface area contributed by atoms with Crippen molar-refractivity contribution in [1.82, 2.24) is 14.8 Å². The Morgan fingerprint density at radius 1 is 1.57 bits per heavy atom. The average Bonchev–Trinajstić information content (AvgIpc) is 2.14. The van der Waals surface area contributed by atoms with Crippen molar-refractivity contribution in [2.75, 3.05) is 11.1 Å². The summed E-state index contributed by atoms with van der Waals surface area (Å²) in [4.78, 5) is 25.4. The van der Waals surface area contributed by atoms with Gasteiger partial charge < -0.3 is 0 Å². The van der Waals surface area contributed by atoms with E-state index in [1.165, 1.54) is 16.4 Å². The van der Waals surface area contributed by atoms with Crippen LogP contribution in [0.4, 0.5) is 0 Å². The Kier molecular flexibility index (Phi) is 4.40. The summed E-state index contributed by atoms with van der Waals surface area (Å²) in [5.41, 5.74) is -1.42. The zero-order valence-electron chi connectivity index (χ0n) is 7.62. The molecular weight excluding hydrogens is 270 g/mol. The first kappa shape index (κ1) is 11.5. The summed E-state index contributed by atoms with van der Waals surface area (Å²) in [6.07, 6.45) is 0.986. The van der Waals surface area contributed by atoms with Crippen LogP contribution in [0.3, 0.4) is 0 Å². The number of hydrogen-bond donors (Lipinski definition) is 1. The normalized spacial score (nSPS) is 10.4. The molecule has 0 spiro atoms. The van der Waals surface area contributed by atoms with Gasteiger partial charge in [0, 0.05) is 18.1 Å². The fourth-order valence-corrected chi connectivity index (χ4v) is 2.32. The molecule has 0 aromatic carbocycles. The summed E-state index contributed by atoms with van der Waals surface area (Å²) in [5.74, 6) is 0.859. The van der Waals surface area contributed by atoms with Crippen LogP contribution in [0.1, 0.15) is 6.42 Å². The van der Waals surface area contributed by atoms with Gasteiger partial charge in [0.25, 0.3) is 0 Å². The van der Waals surface area contributed by atoms with Crippen LogP contribution in [-0.2, 0) is 7.05 Å². The number of aromatic nitrogens is 3. The molecule has 1 aromatic heterocycles. The maximum atomic E-state index is 10.9. The summed E-state index contributed by atoms with van der Waals surface area (Å²) in [6.45, 7) is 0. The van der Waals surface area contributed by atoms with E-state index in [-0.39, 0.29) is 0 Å². The molecule has 1 rings (SSSR count). The van der Waals surface area contributed by atoms with E-state index in [9.17, 15) is 9.59 Å². The van der Waals surface area contributed by atoms with Crippen molar-refractivity contribution in [2.45, 2.75) is 11.6 Å². The second kappa shape index (κ2) is 5.35. The first-order valence-corrected chi connectivity index (χ1v) is 6.12. The second-order valence-corrected chi connectivity index (χ2v) is 4.45. The van der Waals surface area contributed by atoms with E-state index in [4.69, 9.17) is 0 Å². The Morgan fingerprint density at radius 3 is 2.93 bits per heavy atom. The quantitative estimate of drug-likeness (QED) is 0.374. The first-order chi connectivity index (χ1) is 6.65. The number of nitrogens with zero attached hydrogens (tertiary/aromatic N) is 2. The number of rotatable bonds is 4. The molecular formula is C7H10BrN3O2S. The average molecular weight is 280 g/mol. The van der Waals surface area contributed by atoms with Crippen molar-refractivity contribution in [3.8, 4) is 0 Å². The summed E-state index contributed by atoms with van der Waals surface area (Å²) in [6, 6.07) is 0. The molecule has 1 heterocycles. The van der Waals surface area contributed by atoms with Gasteiger partial charge in [0.05, 0.1) is 0 Å². The topological polar surface area (TPSA) is 67.8 Å². The highest BCUT2D eigenvalue weighted by Gasteiger charge is 2.03. The van der Waals surface area contributed by atoms with Crippen LogP contribution in [0.15, 0.2) is 14.7 Å². The number of aryl methyl sites for hydroxylation is 1. The highest BCUT2D eigenvalue weighted by atomic mass is 79.9. The van der Waals surface area contributed by atoms with Gasteiger partial charge in [-0.1, -0.05) is 27.7 Å². The maximum Gasteiger partial charge on any atom is 0.339 e. The molecule has 0 amide bonds. The van der Waals surface area contributed by atoms with Gasteiger partial charge in [-0.15, -0.1) is 0 Å². The lowest BCUT2D eigenvalue weighted by atomic mass is 10.6. The van der Waals surface area contributed by atoms with E-state index >= 15 is 0 Å². The number of nitrogens with one attached hydrogen (secondary N) is 1. The monoisotopic (exact) mass is 279 g/mol. The van der Waals surface area contributed by atoms with Gasteiger partial charge in [0.15, 0.2) is 5.16 Å². The van der Waals surface area contributed by atoms with Crippen LogP contribution in [0.2, 0.25) is 0 Å². The van der Waals surface area contributed by atoms with Crippen LogP contribution in [0.25, 0.3) is 0 Å². The summed E-state index contributed by atoms with van der Waals surface area (Å²) in [5, 5.41) is 3.84. The largest absolute Gasteiger partial charge is 0.339 e. The standard InChI is InChI=1S/C7H10BrN3O2S/c1-11-7(14-4-2-3-8)9-5(12)6(13)10-11/h2-4H2,1H3,(H,10,13). The lowest BCUT2D eigenvalue weighted by molar-refractivity contribution is 0.596. The van der Waals surface area contributed by atoms with Gasteiger partial charge in [0.2, 0.25) is 0 Å². The molecule has 14 heavy (non-hydrogen) atoms. The van der Waals surface area contributed by atoms with E-state index in [2.05, 4.69) is 26.0 Å². The van der Waals surface area contributed by atoms with Gasteiger partial charge in [-0.05, 0) is 6.42 Å². The SMILES string of the molecule is Cn1[nH]c(=O)c(=O)nc1SCCCBr. The second-order valence-electron chi connectivity index (χ2n) is 2.59. The molecule has 0 atom stereocenters. The predicted molar refractivity (Wildman–Crippen MR) is 59.2 cm³/mol. The Labute approximate surface area is 93.0 Å². The first-order valence-electron chi connectivity index (χ1n) is 4.01. The maximum absolute atomic E-state index is 10.9. The van der Waals surface area contributed by atoms with E-state index < -0.39 is 11.1 Å². The Balaban J connectivity index is 2.82. The fourth-order valence-electron chi connectivity index (χ4n) is 0.808. The van der Waals surface area contributed by atoms with Crippen LogP contribution >= 0.6 is 27.7 Å². The van der Waals surface area contributed by atoms with Crippen molar-refractivity contribution >= 4 is 27.7 Å². The van der Waals surface area contributed by atoms with Crippen LogP contribution in [0, 0.1) is 0 Å². The molecule has 0 saturated heterocycles. The molecule has 0 unspecified atom stereocenters. The Bertz CT molecular complexity index is 414. The van der Waals surface area contributed by atoms with E-state index in [0.29, 0.717) is 5.16 Å². The van der Waals surface area contributed by atoms with Gasteiger partial charge >= 0.3 is 11.1 Å². The summed E-state index contributed by atoms with van der Waals surface area (Å²) >= 11 is 4.75. The molecule has 0 aliphatic carbocycles. The number of halogens is 1. The third-order valence-corrected chi connectivity index (χ3v) is 3.13. The zero-order valence-corrected chi connectivity index (χ0v) is 10.0. The predicted octanol–water partition coefficient (Wildman–Crippen LogP) is 0.346. The zero-order chi connectivity index (χ0) is 10.6. The Hall–Kier alpha value is -0.560. The molecule has 5 nitrogen and oxygen atoms in total. The molecule has 1 N–H and O–H groups in total. The van der Waals surface area contributed by atoms with E-state index in [0.717, 1.165) is 17.5 Å². The minimum absolute atomic E-state index is 0.538. The van der Waals surface area contributed by atoms with Crippen LogP contribution < -0.4 is 11.1 Å². The van der Waals surface area contributed by atoms with Crippen molar-refractivity contribution in [3.63, 3.8) is 0 Å². The lowest BCUT2D eigenvalue weighted by Crippen LogP contribution is -2.33. The van der Waals surface area contributed by atoms with Gasteiger partial charge in [0.1, 0.15) is 0 Å². The number of H-pyrrole nitrogens is 1. The van der Waals surface area contributed by atoms with Crippen LogP contribution in [-0.4, -0.2) is 25.8 Å². The van der Waals surface area contributed by atoms with E-state index in [1.807, 2.05) is 0 Å². The molecule has 0 aliphatic heterocycles. The van der Waals surface area contributed by atoms with Crippen molar-refractivity contribution < 1.29 is 0 Å². The van der Waals surface area contributed by atoms with Gasteiger partial charge in [-0.25, -0.2) is 0 Å². The van der Waals surface area contributed by atoms with Crippen molar-refractivity contribution in [2.24, 2.45) is 7.05 Å². The number of hydrogen-bond acceptors (Lipinski definition) is 4. The minimum atomic E-state index is -0.732. The molecule has 0 radical (unpaired) electrons. The lowest BCUT2D eigenvalue weighted by Gasteiger charge is -2.04. The molecule has 0 aliphatic rings. The third-order valence-electron chi connectivity index (χ3n) is 1.46. The molecule has 7 heteroatoms. The highest BCUT2D eigenvalue weighted by molar-refractivity contribution is 9.09. The number of alkyl halides is 1. The van der Waals surface area contributed by atoms with Crippen molar-refractivity contribution in [1.29, 1.82) is 0 Å². The van der Waals surface area contributed by atoms with Gasteiger partial charge in [-0.2, -0.15) is 4.98 Å². The molecule has 0 fully saturated rings. The third kappa shape index (κ3) is 2.98. The van der Waals surface area contributed by atoms with Gasteiger partial charge in [-0.3, -0.25) is 19.4 Å². The molecule has 0 bridgehead atoms. The number of thioether (sulfide) groups is 1. The molecule has 1 aromatic rings. The number of aromatic amines is 1. The van der Waals surface area contributed by atoms with Crippen molar-refractivity contribution in [3.05, 3.63) is 20.7 Å². The summed E-state index contributed by atoms with van der Waals surface area (Å²) < 4.78 is 1.46.